The van der Waals surface area contributed by atoms with E-state index in [0.717, 1.165) is 30.4 Å². The predicted octanol–water partition coefficient (Wildman–Crippen LogP) is 0.698. The van der Waals surface area contributed by atoms with Crippen molar-refractivity contribution in [3.8, 4) is 0 Å². The quantitative estimate of drug-likeness (QED) is 0.752. The van der Waals surface area contributed by atoms with Crippen LogP contribution >= 0.6 is 0 Å². The minimum Gasteiger partial charge on any atom is -0.307 e. The fourth-order valence-corrected chi connectivity index (χ4v) is 1.73. The third-order valence-corrected chi connectivity index (χ3v) is 2.50. The number of aryl methyl sites for hydroxylation is 1. The first kappa shape index (κ1) is 9.89. The molecule has 15 heavy (non-hydrogen) atoms. The molecule has 0 unspecified atom stereocenters. The Labute approximate surface area is 88.8 Å². The summed E-state index contributed by atoms with van der Waals surface area (Å²) in [6, 6.07) is 2.07. The van der Waals surface area contributed by atoms with E-state index in [1.54, 1.807) is 6.33 Å². The average Bonchev–Trinajstić information content (AvgIpc) is 2.67. The van der Waals surface area contributed by atoms with Gasteiger partial charge >= 0.3 is 5.78 Å². The van der Waals surface area contributed by atoms with Gasteiger partial charge in [-0.25, -0.2) is 5.10 Å². The van der Waals surface area contributed by atoms with E-state index in [9.17, 15) is 0 Å². The van der Waals surface area contributed by atoms with Gasteiger partial charge in [0.05, 0.1) is 0 Å². The van der Waals surface area contributed by atoms with Crippen LogP contribution in [0.3, 0.4) is 0 Å². The van der Waals surface area contributed by atoms with Gasteiger partial charge in [-0.1, -0.05) is 4.98 Å². The standard InChI is InChI=1S/C10H15N5/c1-4-14(5-2)9-6-8(3)13-10-11-7-12-15(9)10/h6-7H,4-5H2,1-3H3/p+1. The Morgan fingerprint density at radius 3 is 2.80 bits per heavy atom. The maximum atomic E-state index is 4.34. The van der Waals surface area contributed by atoms with Crippen LogP contribution in [0.5, 0.6) is 0 Å². The van der Waals surface area contributed by atoms with Crippen LogP contribution in [0, 0.1) is 6.92 Å². The Kier molecular flexibility index (Phi) is 2.53. The summed E-state index contributed by atoms with van der Waals surface area (Å²) in [6.07, 6.45) is 1.66. The molecule has 0 aromatic carbocycles. The van der Waals surface area contributed by atoms with Crippen LogP contribution in [-0.2, 0) is 0 Å². The number of aromatic amines is 1. The van der Waals surface area contributed by atoms with Crippen molar-refractivity contribution >= 4 is 11.6 Å². The van der Waals surface area contributed by atoms with Crippen molar-refractivity contribution in [1.82, 2.24) is 15.1 Å². The fraction of sp³-hybridized carbons (Fsp3) is 0.500. The lowest BCUT2D eigenvalue weighted by Gasteiger charge is -2.16. The summed E-state index contributed by atoms with van der Waals surface area (Å²) in [6.45, 7) is 8.22. The summed E-state index contributed by atoms with van der Waals surface area (Å²) in [4.78, 5) is 10.8. The second-order valence-corrected chi connectivity index (χ2v) is 3.45. The zero-order chi connectivity index (χ0) is 10.8. The molecule has 2 aromatic heterocycles. The SMILES string of the molecule is CCN(CC)c1cc(C)nc2nc[nH][n+]12. The van der Waals surface area contributed by atoms with Crippen molar-refractivity contribution in [1.29, 1.82) is 0 Å². The first-order valence-electron chi connectivity index (χ1n) is 5.24. The van der Waals surface area contributed by atoms with E-state index >= 15 is 0 Å². The lowest BCUT2D eigenvalue weighted by Crippen LogP contribution is -2.37. The van der Waals surface area contributed by atoms with Crippen molar-refractivity contribution in [2.24, 2.45) is 0 Å². The second-order valence-electron chi connectivity index (χ2n) is 3.45. The van der Waals surface area contributed by atoms with Crippen LogP contribution in [0.15, 0.2) is 12.4 Å². The second kappa shape index (κ2) is 3.84. The third-order valence-electron chi connectivity index (χ3n) is 2.50. The zero-order valence-corrected chi connectivity index (χ0v) is 9.36. The minimum atomic E-state index is 0.719. The lowest BCUT2D eigenvalue weighted by molar-refractivity contribution is -0.567. The monoisotopic (exact) mass is 206 g/mol. The molecule has 5 nitrogen and oxygen atoms in total. The molecule has 2 heterocycles. The molecule has 0 aliphatic heterocycles. The van der Waals surface area contributed by atoms with Gasteiger partial charge in [-0.15, -0.1) is 9.50 Å². The minimum absolute atomic E-state index is 0.719. The summed E-state index contributed by atoms with van der Waals surface area (Å²) >= 11 is 0. The molecule has 1 N–H and O–H groups in total. The van der Waals surface area contributed by atoms with Gasteiger partial charge in [0.1, 0.15) is 5.69 Å². The van der Waals surface area contributed by atoms with Crippen LogP contribution in [0.25, 0.3) is 5.78 Å². The maximum absolute atomic E-state index is 4.34. The van der Waals surface area contributed by atoms with Gasteiger partial charge in [0.25, 0.3) is 0 Å². The van der Waals surface area contributed by atoms with E-state index in [2.05, 4.69) is 39.9 Å². The van der Waals surface area contributed by atoms with E-state index in [1.165, 1.54) is 0 Å². The Morgan fingerprint density at radius 2 is 2.13 bits per heavy atom. The molecule has 0 fully saturated rings. The molecule has 0 saturated heterocycles. The topological polar surface area (TPSA) is 48.9 Å². The number of H-pyrrole nitrogens is 1. The molecule has 0 saturated carbocycles. The number of rotatable bonds is 3. The Balaban J connectivity index is 2.61. The Hall–Kier alpha value is -1.65. The van der Waals surface area contributed by atoms with Crippen molar-refractivity contribution in [3.63, 3.8) is 0 Å². The predicted molar refractivity (Wildman–Crippen MR) is 57.8 cm³/mol. The normalized spacial score (nSPS) is 10.9. The molecule has 0 amide bonds. The number of fused-ring (bicyclic) bond motifs is 1. The molecule has 0 aliphatic rings. The number of aromatic nitrogens is 4. The van der Waals surface area contributed by atoms with Crippen LogP contribution < -0.4 is 9.42 Å². The number of nitrogens with one attached hydrogen (secondary N) is 1. The largest absolute Gasteiger partial charge is 0.408 e. The zero-order valence-electron chi connectivity index (χ0n) is 9.36. The lowest BCUT2D eigenvalue weighted by atomic mass is 10.4. The highest BCUT2D eigenvalue weighted by Gasteiger charge is 2.16. The summed E-state index contributed by atoms with van der Waals surface area (Å²) in [5, 5.41) is 3.07. The van der Waals surface area contributed by atoms with E-state index in [-0.39, 0.29) is 0 Å². The molecular weight excluding hydrogens is 190 g/mol. The Morgan fingerprint density at radius 1 is 1.40 bits per heavy atom. The molecule has 0 atom stereocenters. The van der Waals surface area contributed by atoms with Crippen LogP contribution in [0.4, 0.5) is 5.82 Å². The third kappa shape index (κ3) is 1.65. The number of hydrogen-bond acceptors (Lipinski definition) is 3. The first-order valence-corrected chi connectivity index (χ1v) is 5.24. The van der Waals surface area contributed by atoms with Crippen molar-refractivity contribution in [2.75, 3.05) is 18.0 Å². The summed E-state index contributed by atoms with van der Waals surface area (Å²) in [7, 11) is 0. The van der Waals surface area contributed by atoms with E-state index in [4.69, 9.17) is 0 Å². The van der Waals surface area contributed by atoms with Gasteiger partial charge in [0.15, 0.2) is 6.33 Å². The van der Waals surface area contributed by atoms with Crippen LogP contribution in [0.2, 0.25) is 0 Å². The van der Waals surface area contributed by atoms with Gasteiger partial charge in [-0.3, -0.25) is 0 Å². The van der Waals surface area contributed by atoms with Crippen LogP contribution in [-0.4, -0.2) is 28.2 Å². The molecule has 2 rings (SSSR count). The van der Waals surface area contributed by atoms with Gasteiger partial charge in [0, 0.05) is 19.2 Å². The van der Waals surface area contributed by atoms with Crippen molar-refractivity contribution in [2.45, 2.75) is 20.8 Å². The molecule has 0 radical (unpaired) electrons. The Bertz CT molecular complexity index is 458. The summed E-state index contributed by atoms with van der Waals surface area (Å²) in [5.74, 6) is 1.83. The first-order chi connectivity index (χ1) is 7.26. The summed E-state index contributed by atoms with van der Waals surface area (Å²) < 4.78 is 1.90. The van der Waals surface area contributed by atoms with Gasteiger partial charge in [-0.05, 0) is 20.8 Å². The molecular formula is C10H16N5+. The number of hydrogen-bond donors (Lipinski definition) is 1. The smallest absolute Gasteiger partial charge is 0.307 e. The van der Waals surface area contributed by atoms with Crippen molar-refractivity contribution in [3.05, 3.63) is 18.1 Å². The number of anilines is 1. The molecule has 5 heteroatoms. The highest BCUT2D eigenvalue weighted by atomic mass is 15.4. The fourth-order valence-electron chi connectivity index (χ4n) is 1.73. The molecule has 0 spiro atoms. The molecule has 0 bridgehead atoms. The van der Waals surface area contributed by atoms with E-state index in [1.807, 2.05) is 11.4 Å². The molecule has 0 aliphatic carbocycles. The molecule has 2 aromatic rings. The van der Waals surface area contributed by atoms with Gasteiger partial charge in [0.2, 0.25) is 5.82 Å². The average molecular weight is 206 g/mol. The summed E-state index contributed by atoms with van der Waals surface area (Å²) in [5.41, 5.74) is 0.990. The number of nitrogens with zero attached hydrogens (tertiary/aromatic N) is 4. The maximum Gasteiger partial charge on any atom is 0.408 e. The van der Waals surface area contributed by atoms with Gasteiger partial charge in [-0.2, -0.15) is 0 Å². The van der Waals surface area contributed by atoms with Gasteiger partial charge < -0.3 is 4.90 Å². The highest BCUT2D eigenvalue weighted by Crippen LogP contribution is 2.09. The van der Waals surface area contributed by atoms with Crippen LogP contribution in [0.1, 0.15) is 19.5 Å². The van der Waals surface area contributed by atoms with E-state index in [0.29, 0.717) is 0 Å². The van der Waals surface area contributed by atoms with E-state index < -0.39 is 0 Å². The molecule has 80 valence electrons. The van der Waals surface area contributed by atoms with Crippen molar-refractivity contribution < 1.29 is 4.52 Å². The highest BCUT2D eigenvalue weighted by molar-refractivity contribution is 5.37.